The number of H-pyrrole nitrogens is 1. The van der Waals surface area contributed by atoms with Crippen molar-refractivity contribution in [2.24, 2.45) is 0 Å². The first-order valence-electron chi connectivity index (χ1n) is 11.8. The van der Waals surface area contributed by atoms with Crippen LogP contribution in [0.15, 0.2) is 72.9 Å². The lowest BCUT2D eigenvalue weighted by Gasteiger charge is -2.26. The third-order valence-corrected chi connectivity index (χ3v) is 6.69. The van der Waals surface area contributed by atoms with Crippen molar-refractivity contribution in [1.29, 1.82) is 0 Å². The number of benzene rings is 3. The highest BCUT2D eigenvalue weighted by Gasteiger charge is 2.16. The first-order chi connectivity index (χ1) is 17.0. The van der Waals surface area contributed by atoms with Gasteiger partial charge in [-0.2, -0.15) is 0 Å². The number of halogens is 2. The second-order valence-electron chi connectivity index (χ2n) is 9.02. The van der Waals surface area contributed by atoms with E-state index in [1.165, 1.54) is 47.0 Å². The fraction of sp³-hybridized carbons (Fsp3) is 0.207. The van der Waals surface area contributed by atoms with E-state index in [-0.39, 0.29) is 17.5 Å². The third kappa shape index (κ3) is 5.17. The van der Waals surface area contributed by atoms with E-state index < -0.39 is 0 Å². The minimum Gasteiger partial charge on any atom is -0.361 e. The molecule has 1 aliphatic rings. The summed E-state index contributed by atoms with van der Waals surface area (Å²) in [4.78, 5) is 18.1. The predicted molar refractivity (Wildman–Crippen MR) is 137 cm³/mol. The lowest BCUT2D eigenvalue weighted by Crippen LogP contribution is -2.30. The Hall–Kier alpha value is -3.77. The van der Waals surface area contributed by atoms with Gasteiger partial charge in [-0.25, -0.2) is 8.78 Å². The van der Waals surface area contributed by atoms with E-state index in [4.69, 9.17) is 0 Å². The van der Waals surface area contributed by atoms with E-state index >= 15 is 0 Å². The maximum Gasteiger partial charge on any atom is 0.255 e. The molecular formula is C29H27F2N3O. The molecule has 0 fully saturated rings. The lowest BCUT2D eigenvalue weighted by molar-refractivity contribution is 0.102. The molecule has 178 valence electrons. The molecule has 0 radical (unpaired) electrons. The first kappa shape index (κ1) is 23.0. The summed E-state index contributed by atoms with van der Waals surface area (Å²) in [6.45, 7) is 4.76. The molecule has 1 aromatic heterocycles. The van der Waals surface area contributed by atoms with E-state index in [0.29, 0.717) is 5.56 Å². The van der Waals surface area contributed by atoms with Gasteiger partial charge in [-0.3, -0.25) is 9.69 Å². The second-order valence-corrected chi connectivity index (χ2v) is 9.02. The molecule has 5 rings (SSSR count). The molecule has 0 aliphatic carbocycles. The quantitative estimate of drug-likeness (QED) is 0.345. The number of fused-ring (bicyclic) bond motifs is 1. The monoisotopic (exact) mass is 471 g/mol. The zero-order chi connectivity index (χ0) is 24.4. The number of anilines is 1. The highest BCUT2D eigenvalue weighted by Crippen LogP contribution is 2.30. The third-order valence-electron chi connectivity index (χ3n) is 6.69. The number of amides is 1. The predicted octanol–water partition coefficient (Wildman–Crippen LogP) is 6.34. The summed E-state index contributed by atoms with van der Waals surface area (Å²) in [6.07, 6.45) is 5.99. The van der Waals surface area contributed by atoms with Crippen molar-refractivity contribution in [3.05, 3.63) is 107 Å². The Morgan fingerprint density at radius 1 is 1.03 bits per heavy atom. The molecule has 4 aromatic rings. The van der Waals surface area contributed by atoms with Gasteiger partial charge in [0.05, 0.1) is 0 Å². The molecule has 2 heterocycles. The number of rotatable bonds is 6. The van der Waals surface area contributed by atoms with Gasteiger partial charge in [-0.1, -0.05) is 12.1 Å². The van der Waals surface area contributed by atoms with Crippen molar-refractivity contribution in [2.75, 3.05) is 25.0 Å². The molecule has 0 saturated carbocycles. The SMILES string of the molecule is Cc1ccc(NC(=O)c2ccc(F)cc2)cc1CCN1CC=C(c2c[nH]c3ccc(F)cc23)CC1. The number of aromatic nitrogens is 1. The minimum absolute atomic E-state index is 0.220. The van der Waals surface area contributed by atoms with Crippen LogP contribution < -0.4 is 5.32 Å². The molecule has 0 atom stereocenters. The Bertz CT molecular complexity index is 1410. The fourth-order valence-electron chi connectivity index (χ4n) is 4.62. The van der Waals surface area contributed by atoms with Crippen LogP contribution in [0.5, 0.6) is 0 Å². The number of hydrogen-bond acceptors (Lipinski definition) is 2. The van der Waals surface area contributed by atoms with Crippen molar-refractivity contribution < 1.29 is 13.6 Å². The highest BCUT2D eigenvalue weighted by molar-refractivity contribution is 6.04. The summed E-state index contributed by atoms with van der Waals surface area (Å²) < 4.78 is 26.9. The van der Waals surface area contributed by atoms with Gasteiger partial charge in [-0.05, 0) is 91.1 Å². The van der Waals surface area contributed by atoms with Gasteiger partial charge in [0.1, 0.15) is 11.6 Å². The van der Waals surface area contributed by atoms with Gasteiger partial charge in [0, 0.05) is 53.5 Å². The topological polar surface area (TPSA) is 48.1 Å². The van der Waals surface area contributed by atoms with Gasteiger partial charge < -0.3 is 10.3 Å². The van der Waals surface area contributed by atoms with E-state index in [1.54, 1.807) is 12.1 Å². The minimum atomic E-state index is -0.366. The molecule has 3 aromatic carbocycles. The van der Waals surface area contributed by atoms with E-state index in [2.05, 4.69) is 28.2 Å². The zero-order valence-electron chi connectivity index (χ0n) is 19.6. The molecule has 0 saturated heterocycles. The average molecular weight is 472 g/mol. The van der Waals surface area contributed by atoms with E-state index in [1.807, 2.05) is 24.4 Å². The number of nitrogens with zero attached hydrogens (tertiary/aromatic N) is 1. The summed E-state index contributed by atoms with van der Waals surface area (Å²) >= 11 is 0. The summed E-state index contributed by atoms with van der Waals surface area (Å²) in [5.41, 5.74) is 6.79. The molecule has 0 spiro atoms. The number of carbonyl (C=O) groups is 1. The standard InChI is InChI=1S/C29H27F2N3O/c1-19-2-8-25(33-29(35)21-3-5-23(30)6-4-21)16-22(19)12-15-34-13-10-20(11-14-34)27-18-32-28-9-7-24(31)17-26(27)28/h2-10,16-18,32H,11-15H2,1H3,(H,33,35). The maximum absolute atomic E-state index is 13.7. The molecule has 0 bridgehead atoms. The van der Waals surface area contributed by atoms with E-state index in [9.17, 15) is 13.6 Å². The Morgan fingerprint density at radius 3 is 2.60 bits per heavy atom. The van der Waals surface area contributed by atoms with Gasteiger partial charge >= 0.3 is 0 Å². The molecule has 1 amide bonds. The number of nitrogens with one attached hydrogen (secondary N) is 2. The van der Waals surface area contributed by atoms with Crippen LogP contribution in [0.2, 0.25) is 0 Å². The van der Waals surface area contributed by atoms with Crippen LogP contribution in [0.3, 0.4) is 0 Å². The molecule has 0 unspecified atom stereocenters. The fourth-order valence-corrected chi connectivity index (χ4v) is 4.62. The van der Waals surface area contributed by atoms with Crippen LogP contribution in [-0.4, -0.2) is 35.4 Å². The number of carbonyl (C=O) groups excluding carboxylic acids is 1. The van der Waals surface area contributed by atoms with Crippen molar-refractivity contribution >= 4 is 28.1 Å². The van der Waals surface area contributed by atoms with Crippen LogP contribution in [0, 0.1) is 18.6 Å². The van der Waals surface area contributed by atoms with Gasteiger partial charge in [0.2, 0.25) is 0 Å². The van der Waals surface area contributed by atoms with Crippen molar-refractivity contribution in [3.63, 3.8) is 0 Å². The summed E-state index contributed by atoms with van der Waals surface area (Å²) in [6, 6.07) is 16.3. The van der Waals surface area contributed by atoms with Crippen LogP contribution in [-0.2, 0) is 6.42 Å². The Labute approximate surface area is 203 Å². The number of aromatic amines is 1. The molecule has 4 nitrogen and oxygen atoms in total. The van der Waals surface area contributed by atoms with Crippen LogP contribution in [0.1, 0.15) is 33.5 Å². The Morgan fingerprint density at radius 2 is 1.83 bits per heavy atom. The van der Waals surface area contributed by atoms with Gasteiger partial charge in [0.25, 0.3) is 5.91 Å². The largest absolute Gasteiger partial charge is 0.361 e. The number of aryl methyl sites for hydroxylation is 1. The van der Waals surface area contributed by atoms with E-state index in [0.717, 1.165) is 54.6 Å². The average Bonchev–Trinajstić information content (AvgIpc) is 3.28. The molecule has 1 aliphatic heterocycles. The van der Waals surface area contributed by atoms with Crippen molar-refractivity contribution in [1.82, 2.24) is 9.88 Å². The normalized spacial score (nSPS) is 14.2. The van der Waals surface area contributed by atoms with Crippen LogP contribution >= 0.6 is 0 Å². The molecular weight excluding hydrogens is 444 g/mol. The summed E-state index contributed by atoms with van der Waals surface area (Å²) in [7, 11) is 0. The molecule has 6 heteroatoms. The molecule has 2 N–H and O–H groups in total. The first-order valence-corrected chi connectivity index (χ1v) is 11.8. The van der Waals surface area contributed by atoms with Gasteiger partial charge in [0.15, 0.2) is 0 Å². The number of hydrogen-bond donors (Lipinski definition) is 2. The molecule has 35 heavy (non-hydrogen) atoms. The Balaban J connectivity index is 1.21. The smallest absolute Gasteiger partial charge is 0.255 e. The van der Waals surface area contributed by atoms with Crippen LogP contribution in [0.4, 0.5) is 14.5 Å². The second kappa shape index (κ2) is 9.84. The highest BCUT2D eigenvalue weighted by atomic mass is 19.1. The zero-order valence-corrected chi connectivity index (χ0v) is 19.6. The lowest BCUT2D eigenvalue weighted by atomic mass is 9.98. The van der Waals surface area contributed by atoms with Crippen molar-refractivity contribution in [3.8, 4) is 0 Å². The van der Waals surface area contributed by atoms with Crippen LogP contribution in [0.25, 0.3) is 16.5 Å². The summed E-state index contributed by atoms with van der Waals surface area (Å²) in [5, 5.41) is 3.84. The summed E-state index contributed by atoms with van der Waals surface area (Å²) in [5.74, 6) is -0.845. The Kier molecular flexibility index (Phi) is 6.47. The maximum atomic E-state index is 13.7. The van der Waals surface area contributed by atoms with Crippen molar-refractivity contribution in [2.45, 2.75) is 19.8 Å². The van der Waals surface area contributed by atoms with Gasteiger partial charge in [-0.15, -0.1) is 0 Å².